The molecule has 0 radical (unpaired) electrons. The SMILES string of the molecule is CCC1(NC(=O)c2ccc3c(c2)N(CCOC)C(C(O)(c2ccccc2)c2ccccc2)N3)N=CN=N1. The van der Waals surface area contributed by atoms with Crippen molar-refractivity contribution in [3.63, 3.8) is 0 Å². The van der Waals surface area contributed by atoms with Crippen molar-refractivity contribution in [3.05, 3.63) is 95.6 Å². The van der Waals surface area contributed by atoms with Crippen molar-refractivity contribution < 1.29 is 14.6 Å². The number of rotatable bonds is 9. The highest BCUT2D eigenvalue weighted by Crippen LogP contribution is 2.44. The lowest BCUT2D eigenvalue weighted by molar-refractivity contribution is 0.0576. The number of amides is 1. The molecule has 190 valence electrons. The van der Waals surface area contributed by atoms with Gasteiger partial charge < -0.3 is 25.4 Å². The lowest BCUT2D eigenvalue weighted by Crippen LogP contribution is -2.54. The molecule has 0 bridgehead atoms. The Morgan fingerprint density at radius 2 is 1.78 bits per heavy atom. The van der Waals surface area contributed by atoms with Crippen LogP contribution >= 0.6 is 0 Å². The van der Waals surface area contributed by atoms with Crippen LogP contribution < -0.4 is 15.5 Å². The minimum absolute atomic E-state index is 0.306. The van der Waals surface area contributed by atoms with Gasteiger partial charge in [0, 0.05) is 25.6 Å². The van der Waals surface area contributed by atoms with Crippen LogP contribution in [0.2, 0.25) is 0 Å². The molecule has 0 saturated heterocycles. The van der Waals surface area contributed by atoms with E-state index in [9.17, 15) is 9.90 Å². The minimum Gasteiger partial charge on any atom is -0.383 e. The molecule has 3 aromatic rings. The lowest BCUT2D eigenvalue weighted by Gasteiger charge is -2.40. The molecule has 2 unspecified atom stereocenters. The number of ether oxygens (including phenoxy) is 1. The van der Waals surface area contributed by atoms with Gasteiger partial charge in [-0.3, -0.25) is 4.79 Å². The van der Waals surface area contributed by atoms with Crippen molar-refractivity contribution in [2.75, 3.05) is 30.5 Å². The van der Waals surface area contributed by atoms with Crippen LogP contribution in [0.15, 0.2) is 94.1 Å². The molecule has 2 atom stereocenters. The molecule has 0 fully saturated rings. The summed E-state index contributed by atoms with van der Waals surface area (Å²) in [5.41, 5.74) is 2.16. The van der Waals surface area contributed by atoms with E-state index in [2.05, 4.69) is 30.8 Å². The number of azo groups is 1. The van der Waals surface area contributed by atoms with E-state index < -0.39 is 17.6 Å². The second kappa shape index (κ2) is 10.1. The van der Waals surface area contributed by atoms with Gasteiger partial charge in [0.15, 0.2) is 5.60 Å². The molecule has 5 rings (SSSR count). The van der Waals surface area contributed by atoms with E-state index >= 15 is 0 Å². The van der Waals surface area contributed by atoms with Crippen LogP contribution in [-0.2, 0) is 10.3 Å². The van der Waals surface area contributed by atoms with Crippen molar-refractivity contribution in [1.82, 2.24) is 5.32 Å². The number of anilines is 2. The summed E-state index contributed by atoms with van der Waals surface area (Å²) in [5, 5.41) is 26.8. The van der Waals surface area contributed by atoms with Crippen molar-refractivity contribution >= 4 is 23.6 Å². The summed E-state index contributed by atoms with van der Waals surface area (Å²) >= 11 is 0. The van der Waals surface area contributed by atoms with E-state index in [1.807, 2.05) is 79.7 Å². The molecule has 2 heterocycles. The molecule has 9 heteroatoms. The summed E-state index contributed by atoms with van der Waals surface area (Å²) in [6, 6.07) is 24.6. The molecule has 1 amide bonds. The number of aliphatic hydroxyl groups is 1. The third kappa shape index (κ3) is 4.47. The number of carbonyl (C=O) groups is 1. The van der Waals surface area contributed by atoms with Gasteiger partial charge >= 0.3 is 0 Å². The fraction of sp³-hybridized carbons (Fsp3) is 0.286. The monoisotopic (exact) mass is 498 g/mol. The molecule has 37 heavy (non-hydrogen) atoms. The zero-order valence-electron chi connectivity index (χ0n) is 20.8. The quantitative estimate of drug-likeness (QED) is 0.411. The molecule has 9 nitrogen and oxygen atoms in total. The van der Waals surface area contributed by atoms with Crippen LogP contribution in [0.3, 0.4) is 0 Å². The van der Waals surface area contributed by atoms with E-state index in [4.69, 9.17) is 4.74 Å². The van der Waals surface area contributed by atoms with Gasteiger partial charge in [-0.15, -0.1) is 10.2 Å². The molecule has 2 aliphatic heterocycles. The molecular weight excluding hydrogens is 468 g/mol. The smallest absolute Gasteiger partial charge is 0.254 e. The minimum atomic E-state index is -1.40. The highest BCUT2D eigenvalue weighted by molar-refractivity contribution is 5.97. The molecule has 0 saturated carbocycles. The van der Waals surface area contributed by atoms with Gasteiger partial charge in [-0.05, 0) is 29.3 Å². The normalized spacial score (nSPS) is 20.1. The van der Waals surface area contributed by atoms with Gasteiger partial charge in [-0.25, -0.2) is 4.99 Å². The number of benzene rings is 3. The number of aliphatic imine (C=N–C) groups is 1. The number of nitrogens with one attached hydrogen (secondary N) is 2. The molecular formula is C28H30N6O3. The van der Waals surface area contributed by atoms with E-state index in [-0.39, 0.29) is 5.91 Å². The Morgan fingerprint density at radius 1 is 1.11 bits per heavy atom. The fourth-order valence-corrected chi connectivity index (χ4v) is 4.86. The summed E-state index contributed by atoms with van der Waals surface area (Å²) < 4.78 is 5.42. The summed E-state index contributed by atoms with van der Waals surface area (Å²) in [4.78, 5) is 19.5. The zero-order chi connectivity index (χ0) is 25.9. The maximum Gasteiger partial charge on any atom is 0.254 e. The zero-order valence-corrected chi connectivity index (χ0v) is 20.8. The highest BCUT2D eigenvalue weighted by atomic mass is 16.5. The number of carbonyl (C=O) groups excluding carboxylic acids is 1. The molecule has 0 spiro atoms. The second-order valence-corrected chi connectivity index (χ2v) is 9.05. The number of fused-ring (bicyclic) bond motifs is 1. The predicted octanol–water partition coefficient (Wildman–Crippen LogP) is 4.11. The van der Waals surface area contributed by atoms with E-state index in [0.29, 0.717) is 25.1 Å². The Morgan fingerprint density at radius 3 is 2.35 bits per heavy atom. The maximum absolute atomic E-state index is 13.2. The first kappa shape index (κ1) is 24.6. The number of nitrogens with zero attached hydrogens (tertiary/aromatic N) is 4. The third-order valence-electron chi connectivity index (χ3n) is 6.89. The van der Waals surface area contributed by atoms with Crippen LogP contribution in [0.1, 0.15) is 34.8 Å². The van der Waals surface area contributed by atoms with Gasteiger partial charge in [-0.2, -0.15) is 0 Å². The summed E-state index contributed by atoms with van der Waals surface area (Å²) in [7, 11) is 1.64. The van der Waals surface area contributed by atoms with Crippen LogP contribution in [0.5, 0.6) is 0 Å². The van der Waals surface area contributed by atoms with Crippen molar-refractivity contribution in [1.29, 1.82) is 0 Å². The molecule has 3 N–H and O–H groups in total. The largest absolute Gasteiger partial charge is 0.383 e. The average Bonchev–Trinajstić information content (AvgIpc) is 3.57. The van der Waals surface area contributed by atoms with Crippen LogP contribution in [0.4, 0.5) is 11.4 Å². The highest BCUT2D eigenvalue weighted by Gasteiger charge is 2.47. The van der Waals surface area contributed by atoms with Crippen molar-refractivity contribution in [3.8, 4) is 0 Å². The number of hydrogen-bond donors (Lipinski definition) is 3. The summed E-state index contributed by atoms with van der Waals surface area (Å²) in [6.45, 7) is 2.81. The van der Waals surface area contributed by atoms with Crippen LogP contribution in [0, 0.1) is 0 Å². The Bertz CT molecular complexity index is 1260. The average molecular weight is 499 g/mol. The predicted molar refractivity (Wildman–Crippen MR) is 143 cm³/mol. The second-order valence-electron chi connectivity index (χ2n) is 9.05. The molecule has 3 aromatic carbocycles. The van der Waals surface area contributed by atoms with Gasteiger partial charge in [0.05, 0.1) is 18.0 Å². The Hall–Kier alpha value is -4.08. The molecule has 0 aromatic heterocycles. The first-order valence-corrected chi connectivity index (χ1v) is 12.3. The third-order valence-corrected chi connectivity index (χ3v) is 6.89. The van der Waals surface area contributed by atoms with Crippen LogP contribution in [0.25, 0.3) is 0 Å². The maximum atomic E-state index is 13.2. The van der Waals surface area contributed by atoms with Gasteiger partial charge in [0.1, 0.15) is 12.5 Å². The first-order valence-electron chi connectivity index (χ1n) is 12.3. The van der Waals surface area contributed by atoms with Gasteiger partial charge in [0.25, 0.3) is 5.91 Å². The molecule has 0 aliphatic carbocycles. The van der Waals surface area contributed by atoms with E-state index in [0.717, 1.165) is 22.5 Å². The Labute approximate surface area is 215 Å². The lowest BCUT2D eigenvalue weighted by atomic mass is 9.83. The summed E-state index contributed by atoms with van der Waals surface area (Å²) in [5.74, 6) is -1.38. The van der Waals surface area contributed by atoms with Crippen molar-refractivity contribution in [2.24, 2.45) is 15.2 Å². The van der Waals surface area contributed by atoms with Crippen molar-refractivity contribution in [2.45, 2.75) is 30.9 Å². The fourth-order valence-electron chi connectivity index (χ4n) is 4.86. The van der Waals surface area contributed by atoms with Crippen LogP contribution in [-0.4, -0.2) is 49.6 Å². The standard InChI is InChI=1S/C28H30N6O3/c1-3-27(29-19-30-33-27)32-25(35)20-14-15-23-24(18-20)34(16-17-37-2)26(31-23)28(36,21-10-6-4-7-11-21)22-12-8-5-9-13-22/h4-15,18-19,26,31,36H,3,16-17H2,1-2H3,(H,32,35). The Balaban J connectivity index is 1.54. The number of methoxy groups -OCH3 is 1. The number of hydrogen-bond acceptors (Lipinski definition) is 8. The van der Waals surface area contributed by atoms with Gasteiger partial charge in [-0.1, -0.05) is 67.6 Å². The van der Waals surface area contributed by atoms with Gasteiger partial charge in [0.2, 0.25) is 5.79 Å². The van der Waals surface area contributed by atoms with E-state index in [1.165, 1.54) is 6.34 Å². The summed E-state index contributed by atoms with van der Waals surface area (Å²) in [6.07, 6.45) is 1.27. The topological polar surface area (TPSA) is 111 Å². The molecule has 2 aliphatic rings. The Kier molecular flexibility index (Phi) is 6.73. The first-order chi connectivity index (χ1) is 18.0. The van der Waals surface area contributed by atoms with E-state index in [1.54, 1.807) is 13.2 Å².